The molecule has 0 aliphatic carbocycles. The number of carbonyl (C=O) groups excluding carboxylic acids is 2. The van der Waals surface area contributed by atoms with Crippen LogP contribution in [0.4, 0.5) is 5.69 Å². The number of carbonyl (C=O) groups is 2. The molecule has 0 saturated heterocycles. The summed E-state index contributed by atoms with van der Waals surface area (Å²) in [6, 6.07) is 16.5. The van der Waals surface area contributed by atoms with Crippen molar-refractivity contribution in [3.63, 3.8) is 0 Å². The Morgan fingerprint density at radius 1 is 1.11 bits per heavy atom. The van der Waals surface area contributed by atoms with E-state index >= 15 is 0 Å². The SMILES string of the molecule is COC(=O)c1ccc(NC(=O)/C(C#N)=C/c2ccccc2OCC#N)cc1. The topological polar surface area (TPSA) is 112 Å². The van der Waals surface area contributed by atoms with E-state index in [9.17, 15) is 14.9 Å². The average molecular weight is 361 g/mol. The second-order valence-corrected chi connectivity index (χ2v) is 5.18. The summed E-state index contributed by atoms with van der Waals surface area (Å²) < 4.78 is 9.89. The van der Waals surface area contributed by atoms with Crippen molar-refractivity contribution in [1.82, 2.24) is 0 Å². The van der Waals surface area contributed by atoms with Crippen molar-refractivity contribution in [3.8, 4) is 17.9 Å². The van der Waals surface area contributed by atoms with Crippen molar-refractivity contribution in [2.45, 2.75) is 0 Å². The van der Waals surface area contributed by atoms with Crippen molar-refractivity contribution in [2.24, 2.45) is 0 Å². The molecule has 7 nitrogen and oxygen atoms in total. The van der Waals surface area contributed by atoms with Crippen molar-refractivity contribution in [3.05, 3.63) is 65.2 Å². The summed E-state index contributed by atoms with van der Waals surface area (Å²) in [4.78, 5) is 23.8. The summed E-state index contributed by atoms with van der Waals surface area (Å²) >= 11 is 0. The molecule has 1 amide bonds. The summed E-state index contributed by atoms with van der Waals surface area (Å²) in [6.45, 7) is -0.147. The van der Waals surface area contributed by atoms with E-state index in [-0.39, 0.29) is 12.2 Å². The number of nitriles is 2. The predicted molar refractivity (Wildman–Crippen MR) is 97.6 cm³/mol. The Labute approximate surface area is 156 Å². The van der Waals surface area contributed by atoms with Crippen LogP contribution in [0.1, 0.15) is 15.9 Å². The average Bonchev–Trinajstić information content (AvgIpc) is 2.71. The Morgan fingerprint density at radius 2 is 1.81 bits per heavy atom. The molecule has 0 heterocycles. The van der Waals surface area contributed by atoms with Gasteiger partial charge in [0.2, 0.25) is 0 Å². The van der Waals surface area contributed by atoms with Crippen LogP contribution in [0, 0.1) is 22.7 Å². The minimum absolute atomic E-state index is 0.139. The van der Waals surface area contributed by atoms with E-state index in [2.05, 4.69) is 10.1 Å². The molecule has 0 radical (unpaired) electrons. The number of anilines is 1. The van der Waals surface area contributed by atoms with Crippen LogP contribution in [0.5, 0.6) is 5.75 Å². The molecule has 7 heteroatoms. The zero-order valence-electron chi connectivity index (χ0n) is 14.4. The number of esters is 1. The molecule has 0 bridgehead atoms. The predicted octanol–water partition coefficient (Wildman–Crippen LogP) is 2.92. The fourth-order valence-electron chi connectivity index (χ4n) is 2.15. The van der Waals surface area contributed by atoms with Crippen molar-refractivity contribution in [2.75, 3.05) is 19.0 Å². The third-order valence-electron chi connectivity index (χ3n) is 3.44. The zero-order valence-corrected chi connectivity index (χ0v) is 14.4. The van der Waals surface area contributed by atoms with Gasteiger partial charge < -0.3 is 14.8 Å². The van der Waals surface area contributed by atoms with Gasteiger partial charge in [0, 0.05) is 11.3 Å². The first-order valence-corrected chi connectivity index (χ1v) is 7.79. The van der Waals surface area contributed by atoms with E-state index < -0.39 is 11.9 Å². The number of methoxy groups -OCH3 is 1. The highest BCUT2D eigenvalue weighted by molar-refractivity contribution is 6.10. The number of nitrogens with zero attached hydrogens (tertiary/aromatic N) is 2. The van der Waals surface area contributed by atoms with E-state index in [1.54, 1.807) is 24.3 Å². The molecule has 0 aliphatic heterocycles. The lowest BCUT2D eigenvalue weighted by Crippen LogP contribution is -2.13. The van der Waals surface area contributed by atoms with Gasteiger partial charge in [0.05, 0.1) is 12.7 Å². The first kappa shape index (κ1) is 19.2. The summed E-state index contributed by atoms with van der Waals surface area (Å²) in [5.74, 6) is -0.708. The fourth-order valence-corrected chi connectivity index (χ4v) is 2.15. The second-order valence-electron chi connectivity index (χ2n) is 5.18. The lowest BCUT2D eigenvalue weighted by molar-refractivity contribution is -0.112. The number of ether oxygens (including phenoxy) is 2. The first-order chi connectivity index (χ1) is 13.1. The lowest BCUT2D eigenvalue weighted by Gasteiger charge is -2.07. The molecule has 0 aliphatic rings. The summed E-state index contributed by atoms with van der Waals surface area (Å²) in [5, 5.41) is 20.5. The number of hydrogen-bond acceptors (Lipinski definition) is 6. The number of hydrogen-bond donors (Lipinski definition) is 1. The Kier molecular flexibility index (Phi) is 6.69. The maximum atomic E-state index is 12.4. The third kappa shape index (κ3) is 5.18. The number of rotatable bonds is 6. The van der Waals surface area contributed by atoms with E-state index in [1.807, 2.05) is 12.1 Å². The highest BCUT2D eigenvalue weighted by Gasteiger charge is 2.12. The standard InChI is InChI=1S/C20H15N3O4/c1-26-20(25)14-6-8-17(9-7-14)23-19(24)16(13-22)12-15-4-2-3-5-18(15)27-11-10-21/h2-9,12H,11H2,1H3,(H,23,24)/b16-12+. The molecule has 2 aromatic carbocycles. The fraction of sp³-hybridized carbons (Fsp3) is 0.100. The van der Waals surface area contributed by atoms with Crippen LogP contribution in [0.3, 0.4) is 0 Å². The van der Waals surface area contributed by atoms with Crippen LogP contribution in [-0.2, 0) is 9.53 Å². The molecule has 0 unspecified atom stereocenters. The van der Waals surface area contributed by atoms with Gasteiger partial charge in [-0.1, -0.05) is 18.2 Å². The van der Waals surface area contributed by atoms with Crippen molar-refractivity contribution < 1.29 is 19.1 Å². The molecule has 27 heavy (non-hydrogen) atoms. The van der Waals surface area contributed by atoms with Crippen LogP contribution in [0.25, 0.3) is 6.08 Å². The van der Waals surface area contributed by atoms with Gasteiger partial charge >= 0.3 is 5.97 Å². The van der Waals surface area contributed by atoms with E-state index in [0.717, 1.165) is 0 Å². The molecule has 2 rings (SSSR count). The van der Waals surface area contributed by atoms with Gasteiger partial charge in [-0.3, -0.25) is 4.79 Å². The van der Waals surface area contributed by atoms with Crippen molar-refractivity contribution in [1.29, 1.82) is 10.5 Å². The largest absolute Gasteiger partial charge is 0.478 e. The molecule has 0 spiro atoms. The first-order valence-electron chi connectivity index (χ1n) is 7.79. The molecule has 0 aromatic heterocycles. The highest BCUT2D eigenvalue weighted by Crippen LogP contribution is 2.21. The lowest BCUT2D eigenvalue weighted by atomic mass is 10.1. The molecule has 0 saturated carbocycles. The molecule has 2 aromatic rings. The van der Waals surface area contributed by atoms with E-state index in [4.69, 9.17) is 10.00 Å². The van der Waals surface area contributed by atoms with Crippen LogP contribution in [0.2, 0.25) is 0 Å². The van der Waals surface area contributed by atoms with Gasteiger partial charge in [0.15, 0.2) is 6.61 Å². The smallest absolute Gasteiger partial charge is 0.337 e. The van der Waals surface area contributed by atoms with Gasteiger partial charge in [-0.25, -0.2) is 4.79 Å². The van der Waals surface area contributed by atoms with Crippen LogP contribution in [-0.4, -0.2) is 25.6 Å². The number of benzene rings is 2. The van der Waals surface area contributed by atoms with Gasteiger partial charge in [-0.2, -0.15) is 10.5 Å². The van der Waals surface area contributed by atoms with Gasteiger partial charge in [0.25, 0.3) is 5.91 Å². The Bertz CT molecular complexity index is 950. The Hall–Kier alpha value is -4.10. The van der Waals surface area contributed by atoms with Crippen molar-refractivity contribution >= 4 is 23.6 Å². The molecule has 0 fully saturated rings. The van der Waals surface area contributed by atoms with Gasteiger partial charge in [-0.05, 0) is 36.4 Å². The second kappa shape index (κ2) is 9.40. The zero-order chi connectivity index (χ0) is 19.6. The summed E-state index contributed by atoms with van der Waals surface area (Å²) in [5.41, 5.74) is 1.12. The Balaban J connectivity index is 2.19. The normalized spacial score (nSPS) is 10.3. The quantitative estimate of drug-likeness (QED) is 0.481. The minimum atomic E-state index is -0.613. The number of para-hydroxylation sites is 1. The Morgan fingerprint density at radius 3 is 2.44 bits per heavy atom. The summed E-state index contributed by atoms with van der Waals surface area (Å²) in [7, 11) is 1.28. The van der Waals surface area contributed by atoms with Crippen LogP contribution in [0.15, 0.2) is 54.1 Å². The third-order valence-corrected chi connectivity index (χ3v) is 3.44. The van der Waals surface area contributed by atoms with Crippen LogP contribution >= 0.6 is 0 Å². The van der Waals surface area contributed by atoms with Gasteiger partial charge in [-0.15, -0.1) is 0 Å². The monoisotopic (exact) mass is 361 g/mol. The van der Waals surface area contributed by atoms with E-state index in [1.165, 1.54) is 37.5 Å². The molecule has 1 N–H and O–H groups in total. The van der Waals surface area contributed by atoms with Crippen LogP contribution < -0.4 is 10.1 Å². The molecular formula is C20H15N3O4. The molecule has 134 valence electrons. The highest BCUT2D eigenvalue weighted by atomic mass is 16.5. The molecular weight excluding hydrogens is 346 g/mol. The molecule has 0 atom stereocenters. The minimum Gasteiger partial charge on any atom is -0.478 e. The summed E-state index contributed by atoms with van der Waals surface area (Å²) in [6.07, 6.45) is 1.38. The maximum absolute atomic E-state index is 12.4. The van der Waals surface area contributed by atoms with E-state index in [0.29, 0.717) is 22.6 Å². The number of amides is 1. The van der Waals surface area contributed by atoms with Gasteiger partial charge in [0.1, 0.15) is 23.5 Å². The number of nitrogens with one attached hydrogen (secondary N) is 1. The maximum Gasteiger partial charge on any atom is 0.337 e.